The van der Waals surface area contributed by atoms with Gasteiger partial charge in [-0.3, -0.25) is 9.59 Å². The number of thiophene rings is 2. The maximum Gasteiger partial charge on any atom is 0.264 e. The molecule has 0 spiro atoms. The van der Waals surface area contributed by atoms with Crippen molar-refractivity contribution in [2.45, 2.75) is 39.3 Å². The van der Waals surface area contributed by atoms with Gasteiger partial charge in [0.25, 0.3) is 5.91 Å². The van der Waals surface area contributed by atoms with E-state index in [1.807, 2.05) is 36.6 Å². The van der Waals surface area contributed by atoms with Gasteiger partial charge in [-0.15, -0.1) is 22.7 Å². The van der Waals surface area contributed by atoms with E-state index in [-0.39, 0.29) is 24.2 Å². The fourth-order valence-electron chi connectivity index (χ4n) is 4.32. The van der Waals surface area contributed by atoms with Gasteiger partial charge in [0.05, 0.1) is 11.4 Å². The van der Waals surface area contributed by atoms with Crippen molar-refractivity contribution in [2.75, 3.05) is 32.7 Å². The molecule has 2 amide bonds. The zero-order valence-corrected chi connectivity index (χ0v) is 21.8. The maximum atomic E-state index is 13.6. The van der Waals surface area contributed by atoms with Crippen molar-refractivity contribution < 1.29 is 14.0 Å². The number of aryl methyl sites for hydroxylation is 1. The Morgan fingerprint density at radius 2 is 1.74 bits per heavy atom. The Hall–Kier alpha value is -2.55. The van der Waals surface area contributed by atoms with E-state index in [2.05, 4.69) is 4.90 Å². The lowest BCUT2D eigenvalue weighted by Crippen LogP contribution is -2.45. The molecule has 0 radical (unpaired) electrons. The number of halogens is 1. The predicted octanol–water partition coefficient (Wildman–Crippen LogP) is 5.41. The van der Waals surface area contributed by atoms with Gasteiger partial charge in [-0.25, -0.2) is 4.39 Å². The number of likely N-dealkylation sites (tertiary alicyclic amines) is 1. The normalized spacial score (nSPS) is 14.1. The molecule has 0 bridgehead atoms. The number of benzene rings is 1. The SMILES string of the molecule is Cc1ccc(CN(Cc2ccc(F)cc2)C(=O)CN(CCN2CCCCC2)C(=O)c2cccs2)s1. The quantitative estimate of drug-likeness (QED) is 0.364. The van der Waals surface area contributed by atoms with Crippen LogP contribution in [0.2, 0.25) is 0 Å². The fourth-order valence-corrected chi connectivity index (χ4v) is 5.91. The first kappa shape index (κ1) is 25.5. The topological polar surface area (TPSA) is 43.9 Å². The average Bonchev–Trinajstić information content (AvgIpc) is 3.55. The van der Waals surface area contributed by atoms with Crippen LogP contribution in [0.4, 0.5) is 4.39 Å². The van der Waals surface area contributed by atoms with Crippen molar-refractivity contribution in [3.05, 3.63) is 79.9 Å². The first-order valence-corrected chi connectivity index (χ1v) is 13.8. The number of rotatable bonds is 10. The van der Waals surface area contributed by atoms with E-state index in [0.717, 1.165) is 30.1 Å². The van der Waals surface area contributed by atoms with Crippen LogP contribution >= 0.6 is 22.7 Å². The molecule has 35 heavy (non-hydrogen) atoms. The molecule has 3 aromatic rings. The standard InChI is InChI=1S/C27H32FN3O2S2/c1-21-7-12-24(35-21)19-31(18-22-8-10-23(28)11-9-22)26(32)20-30(27(33)25-6-5-17-34-25)16-15-29-13-3-2-4-14-29/h5-12,17H,2-4,13-16,18-20H2,1H3. The van der Waals surface area contributed by atoms with Crippen LogP contribution < -0.4 is 0 Å². The molecule has 186 valence electrons. The molecule has 1 fully saturated rings. The number of piperidine rings is 1. The predicted molar refractivity (Wildman–Crippen MR) is 140 cm³/mol. The van der Waals surface area contributed by atoms with Crippen LogP contribution in [0.25, 0.3) is 0 Å². The second-order valence-corrected chi connectivity index (χ2v) is 11.3. The number of amides is 2. The lowest BCUT2D eigenvalue weighted by Gasteiger charge is -2.31. The lowest BCUT2D eigenvalue weighted by molar-refractivity contribution is -0.133. The highest BCUT2D eigenvalue weighted by molar-refractivity contribution is 7.12. The van der Waals surface area contributed by atoms with Crippen LogP contribution in [0.15, 0.2) is 53.9 Å². The van der Waals surface area contributed by atoms with Crippen LogP contribution in [-0.2, 0) is 17.9 Å². The minimum absolute atomic E-state index is 0.0239. The third-order valence-corrected chi connectivity index (χ3v) is 8.11. The molecular weight excluding hydrogens is 481 g/mol. The zero-order chi connectivity index (χ0) is 24.6. The molecule has 1 aromatic carbocycles. The number of nitrogens with zero attached hydrogens (tertiary/aromatic N) is 3. The largest absolute Gasteiger partial charge is 0.332 e. The molecule has 4 rings (SSSR count). The Balaban J connectivity index is 1.50. The van der Waals surface area contributed by atoms with Crippen molar-refractivity contribution in [3.8, 4) is 0 Å². The summed E-state index contributed by atoms with van der Waals surface area (Å²) in [6, 6.07) is 14.0. The Morgan fingerprint density at radius 1 is 0.971 bits per heavy atom. The second kappa shape index (κ2) is 12.4. The van der Waals surface area contributed by atoms with Crippen LogP contribution in [0.3, 0.4) is 0 Å². The maximum absolute atomic E-state index is 13.6. The Bertz CT molecular complexity index is 1090. The average molecular weight is 514 g/mol. The summed E-state index contributed by atoms with van der Waals surface area (Å²) in [6.45, 7) is 6.27. The van der Waals surface area contributed by atoms with Gasteiger partial charge in [-0.1, -0.05) is 24.6 Å². The van der Waals surface area contributed by atoms with Gasteiger partial charge in [0, 0.05) is 29.4 Å². The highest BCUT2D eigenvalue weighted by Gasteiger charge is 2.24. The van der Waals surface area contributed by atoms with Gasteiger partial charge in [0.1, 0.15) is 12.4 Å². The smallest absolute Gasteiger partial charge is 0.264 e. The zero-order valence-electron chi connectivity index (χ0n) is 20.1. The van der Waals surface area contributed by atoms with Crippen molar-refractivity contribution >= 4 is 34.5 Å². The molecule has 5 nitrogen and oxygen atoms in total. The van der Waals surface area contributed by atoms with Crippen LogP contribution in [-0.4, -0.2) is 59.2 Å². The highest BCUT2D eigenvalue weighted by Crippen LogP contribution is 2.20. The van der Waals surface area contributed by atoms with Crippen molar-refractivity contribution in [3.63, 3.8) is 0 Å². The van der Waals surface area contributed by atoms with E-state index >= 15 is 0 Å². The Labute approximate surface area is 214 Å². The summed E-state index contributed by atoms with van der Waals surface area (Å²) in [5.41, 5.74) is 0.859. The highest BCUT2D eigenvalue weighted by atomic mass is 32.1. The summed E-state index contributed by atoms with van der Waals surface area (Å²) in [6.07, 6.45) is 3.63. The van der Waals surface area contributed by atoms with Crippen LogP contribution in [0.1, 0.15) is 44.3 Å². The molecule has 1 aliphatic rings. The summed E-state index contributed by atoms with van der Waals surface area (Å²) in [4.78, 5) is 35.7. The Kier molecular flexibility index (Phi) is 9.06. The molecule has 0 unspecified atom stereocenters. The molecule has 2 aromatic heterocycles. The summed E-state index contributed by atoms with van der Waals surface area (Å²) in [7, 11) is 0. The van der Waals surface area contributed by atoms with Crippen molar-refractivity contribution in [1.82, 2.24) is 14.7 Å². The summed E-state index contributed by atoms with van der Waals surface area (Å²) >= 11 is 3.06. The van der Waals surface area contributed by atoms with Gasteiger partial charge in [0.15, 0.2) is 0 Å². The Morgan fingerprint density at radius 3 is 2.40 bits per heavy atom. The van der Waals surface area contributed by atoms with Gasteiger partial charge in [-0.2, -0.15) is 0 Å². The van der Waals surface area contributed by atoms with E-state index in [1.54, 1.807) is 33.3 Å². The first-order valence-electron chi connectivity index (χ1n) is 12.1. The lowest BCUT2D eigenvalue weighted by atomic mass is 10.1. The van der Waals surface area contributed by atoms with Gasteiger partial charge < -0.3 is 14.7 Å². The molecule has 0 saturated carbocycles. The van der Waals surface area contributed by atoms with E-state index in [4.69, 9.17) is 0 Å². The first-order chi connectivity index (χ1) is 17.0. The van der Waals surface area contributed by atoms with Crippen molar-refractivity contribution in [1.29, 1.82) is 0 Å². The van der Waals surface area contributed by atoms with Crippen LogP contribution in [0.5, 0.6) is 0 Å². The number of hydrogen-bond donors (Lipinski definition) is 0. The monoisotopic (exact) mass is 513 g/mol. The molecule has 1 saturated heterocycles. The van der Waals surface area contributed by atoms with Crippen LogP contribution in [0, 0.1) is 12.7 Å². The summed E-state index contributed by atoms with van der Waals surface area (Å²) in [5, 5.41) is 1.89. The molecule has 0 atom stereocenters. The van der Waals surface area contributed by atoms with E-state index in [0.29, 0.717) is 24.5 Å². The van der Waals surface area contributed by atoms with Gasteiger partial charge in [0.2, 0.25) is 5.91 Å². The third-order valence-electron chi connectivity index (χ3n) is 6.26. The minimum Gasteiger partial charge on any atom is -0.332 e. The number of hydrogen-bond acceptors (Lipinski definition) is 5. The molecule has 0 aliphatic carbocycles. The molecule has 0 N–H and O–H groups in total. The summed E-state index contributed by atoms with van der Waals surface area (Å²) in [5.74, 6) is -0.506. The van der Waals surface area contributed by atoms with Gasteiger partial charge >= 0.3 is 0 Å². The van der Waals surface area contributed by atoms with Crippen molar-refractivity contribution in [2.24, 2.45) is 0 Å². The second-order valence-electron chi connectivity index (χ2n) is 8.99. The fraction of sp³-hybridized carbons (Fsp3) is 0.407. The molecule has 3 heterocycles. The third kappa shape index (κ3) is 7.46. The minimum atomic E-state index is -0.300. The summed E-state index contributed by atoms with van der Waals surface area (Å²) < 4.78 is 13.4. The molecule has 8 heteroatoms. The molecule has 1 aliphatic heterocycles. The van der Waals surface area contributed by atoms with E-state index in [9.17, 15) is 14.0 Å². The number of carbonyl (C=O) groups excluding carboxylic acids is 2. The number of carbonyl (C=O) groups is 2. The van der Waals surface area contributed by atoms with E-state index < -0.39 is 0 Å². The molecular formula is C27H32FN3O2S2. The van der Waals surface area contributed by atoms with E-state index in [1.165, 1.54) is 47.6 Å². The van der Waals surface area contributed by atoms with Gasteiger partial charge in [-0.05, 0) is 74.1 Å².